The Morgan fingerprint density at radius 2 is 1.34 bits per heavy atom. The van der Waals surface area contributed by atoms with E-state index in [9.17, 15) is 14.4 Å². The van der Waals surface area contributed by atoms with E-state index in [0.29, 0.717) is 44.4 Å². The second-order valence-electron chi connectivity index (χ2n) is 22.6. The molecule has 0 spiro atoms. The first kappa shape index (κ1) is 54.5. The molecule has 3 saturated carbocycles. The lowest BCUT2D eigenvalue weighted by atomic mass is 9.47. The van der Waals surface area contributed by atoms with Gasteiger partial charge in [0.15, 0.2) is 0 Å². The van der Waals surface area contributed by atoms with Crippen LogP contribution in [0, 0.1) is 46.3 Å². The van der Waals surface area contributed by atoms with Gasteiger partial charge in [-0.3, -0.25) is 14.5 Å². The summed E-state index contributed by atoms with van der Waals surface area (Å²) in [6, 6.07) is 0. The number of nitrogens with two attached hydrogens (primary N) is 1. The lowest BCUT2D eigenvalue weighted by molar-refractivity contribution is -0.122. The highest BCUT2D eigenvalue weighted by atomic mass is 16.6. The molecule has 0 bridgehead atoms. The third kappa shape index (κ3) is 17.5. The van der Waals surface area contributed by atoms with Gasteiger partial charge in [0.1, 0.15) is 12.6 Å². The molecule has 8 atom stereocenters. The molecule has 0 aromatic rings. The largest absolute Gasteiger partial charge is 0.446 e. The topological polar surface area (TPSA) is 114 Å². The summed E-state index contributed by atoms with van der Waals surface area (Å²) in [4.78, 5) is 41.0. The van der Waals surface area contributed by atoms with E-state index >= 15 is 0 Å². The van der Waals surface area contributed by atoms with Crippen LogP contribution in [-0.2, 0) is 14.3 Å². The Bertz CT molecular complexity index is 1370. The number of hydrogen-bond acceptors (Lipinski definition) is 5. The van der Waals surface area contributed by atoms with E-state index in [1.54, 1.807) is 4.90 Å². The van der Waals surface area contributed by atoms with Crippen LogP contribution in [0.15, 0.2) is 11.6 Å². The molecule has 8 heteroatoms. The number of nitrogens with zero attached hydrogens (tertiary/aromatic N) is 1. The molecule has 4 aliphatic rings. The summed E-state index contributed by atoms with van der Waals surface area (Å²) >= 11 is 0. The lowest BCUT2D eigenvalue weighted by Gasteiger charge is -2.58. The van der Waals surface area contributed by atoms with Gasteiger partial charge in [0, 0.05) is 32.5 Å². The molecule has 4 rings (SSSR count). The van der Waals surface area contributed by atoms with Crippen molar-refractivity contribution in [1.82, 2.24) is 15.5 Å². The molecule has 64 heavy (non-hydrogen) atoms. The van der Waals surface area contributed by atoms with Crippen LogP contribution in [-0.4, -0.2) is 61.6 Å². The molecule has 0 saturated heterocycles. The van der Waals surface area contributed by atoms with E-state index in [0.717, 1.165) is 86.9 Å². The zero-order valence-electron chi connectivity index (χ0n) is 42.7. The molecular weight excluding hydrogens is 793 g/mol. The predicted octanol–water partition coefficient (Wildman–Crippen LogP) is 13.8. The second-order valence-corrected chi connectivity index (χ2v) is 22.6. The zero-order valence-corrected chi connectivity index (χ0v) is 42.7. The summed E-state index contributed by atoms with van der Waals surface area (Å²) in [5.74, 6) is 4.77. The van der Waals surface area contributed by atoms with Gasteiger partial charge in [-0.25, -0.2) is 4.79 Å². The highest BCUT2D eigenvalue weighted by Gasteiger charge is 2.59. The SMILES string of the molecule is CCCCCCCCCCCCCCCCCC(=O)NCCCCN(CC(=O)NCCCCN)C(=O)O[C@H]1CC[C@@]2(C)C(=CC[C@H]3[C@@H]4CC[C@H]([C@H](C)CCCC(C)C)[C@@]4(C)CC[C@@H]32)C1. The molecule has 3 fully saturated rings. The van der Waals surface area contributed by atoms with E-state index in [1.807, 2.05) is 0 Å². The Balaban J connectivity index is 1.16. The van der Waals surface area contributed by atoms with Gasteiger partial charge in [-0.15, -0.1) is 0 Å². The second kappa shape index (κ2) is 29.6. The van der Waals surface area contributed by atoms with Crippen molar-refractivity contribution in [3.05, 3.63) is 11.6 Å². The molecule has 0 aromatic carbocycles. The van der Waals surface area contributed by atoms with Crippen molar-refractivity contribution in [2.75, 3.05) is 32.7 Å². The summed E-state index contributed by atoms with van der Waals surface area (Å²) in [5.41, 5.74) is 7.84. The molecule has 370 valence electrons. The summed E-state index contributed by atoms with van der Waals surface area (Å²) < 4.78 is 6.29. The number of carbonyl (C=O) groups is 3. The molecule has 4 N–H and O–H groups in total. The number of amides is 3. The van der Waals surface area contributed by atoms with Crippen LogP contribution in [0.1, 0.15) is 241 Å². The first-order valence-corrected chi connectivity index (χ1v) is 27.8. The Labute approximate surface area is 394 Å². The third-order valence-corrected chi connectivity index (χ3v) is 17.3. The van der Waals surface area contributed by atoms with Gasteiger partial charge in [0.05, 0.1) is 0 Å². The normalized spacial score (nSPS) is 26.7. The number of nitrogens with one attached hydrogen (secondary N) is 2. The highest BCUT2D eigenvalue weighted by Crippen LogP contribution is 2.67. The molecule has 0 aliphatic heterocycles. The van der Waals surface area contributed by atoms with Crippen LogP contribution in [0.3, 0.4) is 0 Å². The number of unbranched alkanes of at least 4 members (excludes halogenated alkanes) is 16. The van der Waals surface area contributed by atoms with E-state index in [-0.39, 0.29) is 36.0 Å². The van der Waals surface area contributed by atoms with Crippen molar-refractivity contribution >= 4 is 17.9 Å². The van der Waals surface area contributed by atoms with E-state index in [4.69, 9.17) is 10.5 Å². The first-order chi connectivity index (χ1) is 30.9. The molecule has 4 aliphatic carbocycles. The summed E-state index contributed by atoms with van der Waals surface area (Å²) in [7, 11) is 0. The fourth-order valence-electron chi connectivity index (χ4n) is 13.3. The minimum atomic E-state index is -0.384. The standard InChI is InChI=1S/C56H102N4O4/c1-7-8-9-10-11-12-13-14-15-16-17-18-19-20-21-29-52(61)58-40-24-25-41-60(43-53(62)59-39-23-22-38-57)54(63)64-47-34-36-55(5)46(42-47)30-31-48-50-33-32-49(45(4)28-26-27-44(2)3)56(50,6)37-35-51(48)55/h30,44-45,47-51H,7-29,31-43,57H2,1-6H3,(H,58,61)(H,59,62)/t45-,47+,48+,49-,50+,51+,55+,56-/m1/s1. The monoisotopic (exact) mass is 895 g/mol. The summed E-state index contributed by atoms with van der Waals surface area (Å²) in [6.45, 7) is 16.9. The minimum Gasteiger partial charge on any atom is -0.446 e. The van der Waals surface area contributed by atoms with Crippen molar-refractivity contribution < 1.29 is 19.1 Å². The van der Waals surface area contributed by atoms with Crippen LogP contribution in [0.25, 0.3) is 0 Å². The third-order valence-electron chi connectivity index (χ3n) is 17.3. The molecule has 8 nitrogen and oxygen atoms in total. The number of hydrogen-bond donors (Lipinski definition) is 3. The average Bonchev–Trinajstić information content (AvgIpc) is 3.63. The fourth-order valence-corrected chi connectivity index (χ4v) is 13.3. The highest BCUT2D eigenvalue weighted by molar-refractivity contribution is 5.82. The minimum absolute atomic E-state index is 0.0125. The fraction of sp³-hybridized carbons (Fsp3) is 0.911. The maximum atomic E-state index is 13.8. The molecule has 0 radical (unpaired) electrons. The maximum Gasteiger partial charge on any atom is 0.410 e. The average molecular weight is 895 g/mol. The molecule has 0 heterocycles. The maximum absolute atomic E-state index is 13.8. The number of carbonyl (C=O) groups excluding carboxylic acids is 3. The number of allylic oxidation sites excluding steroid dienone is 1. The Morgan fingerprint density at radius 1 is 0.719 bits per heavy atom. The van der Waals surface area contributed by atoms with Crippen molar-refractivity contribution in [2.45, 2.75) is 247 Å². The Morgan fingerprint density at radius 3 is 1.98 bits per heavy atom. The van der Waals surface area contributed by atoms with Gasteiger partial charge < -0.3 is 21.1 Å². The summed E-state index contributed by atoms with van der Waals surface area (Å²) in [6.07, 6.45) is 39.1. The van der Waals surface area contributed by atoms with Gasteiger partial charge in [-0.1, -0.05) is 162 Å². The van der Waals surface area contributed by atoms with Crippen molar-refractivity contribution in [1.29, 1.82) is 0 Å². The van der Waals surface area contributed by atoms with Gasteiger partial charge in [0.2, 0.25) is 11.8 Å². The molecule has 3 amide bonds. The molecule has 0 aromatic heterocycles. The number of ether oxygens (including phenoxy) is 1. The van der Waals surface area contributed by atoms with Crippen molar-refractivity contribution in [2.24, 2.45) is 52.1 Å². The predicted molar refractivity (Wildman–Crippen MR) is 268 cm³/mol. The lowest BCUT2D eigenvalue weighted by Crippen LogP contribution is -2.51. The van der Waals surface area contributed by atoms with Crippen LogP contribution < -0.4 is 16.4 Å². The van der Waals surface area contributed by atoms with E-state index < -0.39 is 0 Å². The Hall–Kier alpha value is -2.09. The van der Waals surface area contributed by atoms with Gasteiger partial charge in [-0.2, -0.15) is 0 Å². The van der Waals surface area contributed by atoms with E-state index in [1.165, 1.54) is 140 Å². The quantitative estimate of drug-likeness (QED) is 0.0448. The molecular formula is C56H102N4O4. The van der Waals surface area contributed by atoms with Crippen molar-refractivity contribution in [3.8, 4) is 0 Å². The van der Waals surface area contributed by atoms with Gasteiger partial charge >= 0.3 is 6.09 Å². The van der Waals surface area contributed by atoms with Crippen LogP contribution in [0.5, 0.6) is 0 Å². The molecule has 0 unspecified atom stereocenters. The van der Waals surface area contributed by atoms with E-state index in [2.05, 4.69) is 58.3 Å². The van der Waals surface area contributed by atoms with Gasteiger partial charge in [0.25, 0.3) is 0 Å². The smallest absolute Gasteiger partial charge is 0.410 e. The van der Waals surface area contributed by atoms with Crippen LogP contribution in [0.4, 0.5) is 4.79 Å². The zero-order chi connectivity index (χ0) is 46.2. The Kier molecular flexibility index (Phi) is 25.2. The summed E-state index contributed by atoms with van der Waals surface area (Å²) in [5, 5.41) is 6.07. The van der Waals surface area contributed by atoms with Crippen molar-refractivity contribution in [3.63, 3.8) is 0 Å². The van der Waals surface area contributed by atoms with Crippen LogP contribution >= 0.6 is 0 Å². The van der Waals surface area contributed by atoms with Gasteiger partial charge in [-0.05, 0) is 130 Å². The number of rotatable bonds is 33. The number of fused-ring (bicyclic) bond motifs is 5. The first-order valence-electron chi connectivity index (χ1n) is 27.8. The van der Waals surface area contributed by atoms with Crippen LogP contribution in [0.2, 0.25) is 0 Å².